The first-order chi connectivity index (χ1) is 16.0. The Morgan fingerprint density at radius 1 is 1.15 bits per heavy atom. The first-order valence-corrected chi connectivity index (χ1v) is 10.4. The number of fused-ring (bicyclic) bond motifs is 2. The topological polar surface area (TPSA) is 98.8 Å². The number of carbonyl (C=O) groups excluding carboxylic acids is 1. The Morgan fingerprint density at radius 2 is 1.97 bits per heavy atom. The minimum absolute atomic E-state index is 0.181. The molecule has 0 radical (unpaired) electrons. The van der Waals surface area contributed by atoms with Crippen LogP contribution in [0.1, 0.15) is 27.2 Å². The molecule has 0 atom stereocenters. The molecule has 0 aliphatic carbocycles. The molecule has 0 fully saturated rings. The van der Waals surface area contributed by atoms with Crippen molar-refractivity contribution in [2.75, 3.05) is 12.3 Å². The molecular formula is C27H19N5O. The molecule has 6 nitrogen and oxygen atoms in total. The number of hydrogen-bond acceptors (Lipinski definition) is 4. The van der Waals surface area contributed by atoms with Crippen LogP contribution in [0.2, 0.25) is 0 Å². The number of nitrogens with one attached hydrogen (secondary N) is 1. The van der Waals surface area contributed by atoms with Crippen molar-refractivity contribution in [3.05, 3.63) is 95.2 Å². The largest absolute Gasteiger partial charge is 0.398 e. The molecule has 6 heteroatoms. The van der Waals surface area contributed by atoms with Crippen LogP contribution in [0.4, 0.5) is 5.69 Å². The molecule has 33 heavy (non-hydrogen) atoms. The van der Waals surface area contributed by atoms with Crippen LogP contribution in [0.15, 0.2) is 72.8 Å². The van der Waals surface area contributed by atoms with Gasteiger partial charge in [-0.2, -0.15) is 10.4 Å². The van der Waals surface area contributed by atoms with Gasteiger partial charge in [-0.1, -0.05) is 42.8 Å². The second-order valence-corrected chi connectivity index (χ2v) is 7.88. The minimum atomic E-state index is -0.181. The third-order valence-electron chi connectivity index (χ3n) is 5.71. The summed E-state index contributed by atoms with van der Waals surface area (Å²) >= 11 is 0. The molecular weight excluding hydrogens is 410 g/mol. The van der Waals surface area contributed by atoms with Crippen LogP contribution in [-0.2, 0) is 6.54 Å². The fraction of sp³-hybridized carbons (Fsp3) is 0.0741. The van der Waals surface area contributed by atoms with Crippen LogP contribution >= 0.6 is 0 Å². The summed E-state index contributed by atoms with van der Waals surface area (Å²) in [4.78, 5) is 14.6. The van der Waals surface area contributed by atoms with Crippen LogP contribution in [-0.4, -0.2) is 27.5 Å². The molecule has 3 aromatic carbocycles. The second-order valence-electron chi connectivity index (χ2n) is 7.88. The highest BCUT2D eigenvalue weighted by molar-refractivity contribution is 6.05. The van der Waals surface area contributed by atoms with Gasteiger partial charge in [0.15, 0.2) is 0 Å². The van der Waals surface area contributed by atoms with Gasteiger partial charge in [-0.15, -0.1) is 0 Å². The van der Waals surface area contributed by atoms with Crippen molar-refractivity contribution in [1.82, 2.24) is 15.1 Å². The Labute approximate surface area is 191 Å². The van der Waals surface area contributed by atoms with E-state index in [0.29, 0.717) is 29.1 Å². The lowest BCUT2D eigenvalue weighted by atomic mass is 9.95. The summed E-state index contributed by atoms with van der Waals surface area (Å²) in [6.45, 7) is 4.26. The number of H-pyrrole nitrogens is 1. The Bertz CT molecular complexity index is 1530. The summed E-state index contributed by atoms with van der Waals surface area (Å²) < 4.78 is 0. The lowest BCUT2D eigenvalue weighted by Gasteiger charge is -2.14. The monoisotopic (exact) mass is 429 g/mol. The predicted molar refractivity (Wildman–Crippen MR) is 128 cm³/mol. The van der Waals surface area contributed by atoms with Crippen LogP contribution in [0, 0.1) is 23.2 Å². The number of nitrogen functional groups attached to an aromatic ring is 1. The van der Waals surface area contributed by atoms with Crippen LogP contribution in [0.25, 0.3) is 22.0 Å². The smallest absolute Gasteiger partial charge is 0.256 e. The van der Waals surface area contributed by atoms with Crippen molar-refractivity contribution in [3.8, 4) is 29.0 Å². The SMILES string of the molecule is C=C(C#N)CN1Cc2c(-c3ccc4[nH]nc(C#Cc5ccccc5)c4c3)ccc(N)c2C1=O. The van der Waals surface area contributed by atoms with E-state index in [4.69, 9.17) is 11.0 Å². The Hall–Kier alpha value is -4.81. The van der Waals surface area contributed by atoms with Crippen molar-refractivity contribution in [2.24, 2.45) is 0 Å². The molecule has 1 aliphatic rings. The molecule has 3 N–H and O–H groups in total. The average molecular weight is 429 g/mol. The summed E-state index contributed by atoms with van der Waals surface area (Å²) in [5, 5.41) is 17.4. The average Bonchev–Trinajstić information content (AvgIpc) is 3.39. The van der Waals surface area contributed by atoms with E-state index in [1.807, 2.05) is 60.7 Å². The summed E-state index contributed by atoms with van der Waals surface area (Å²) in [5.41, 5.74) is 12.6. The molecule has 1 aromatic heterocycles. The lowest BCUT2D eigenvalue weighted by Crippen LogP contribution is -2.26. The molecule has 4 aromatic rings. The van der Waals surface area contributed by atoms with E-state index in [0.717, 1.165) is 33.2 Å². The quantitative estimate of drug-likeness (QED) is 0.289. The van der Waals surface area contributed by atoms with Gasteiger partial charge in [-0.05, 0) is 52.9 Å². The number of hydrogen-bond donors (Lipinski definition) is 2. The molecule has 0 spiro atoms. The number of aromatic nitrogens is 2. The third-order valence-corrected chi connectivity index (χ3v) is 5.71. The number of nitrogens with two attached hydrogens (primary N) is 1. The minimum Gasteiger partial charge on any atom is -0.398 e. The zero-order valence-electron chi connectivity index (χ0n) is 17.7. The van der Waals surface area contributed by atoms with Gasteiger partial charge in [0, 0.05) is 28.8 Å². The molecule has 0 saturated carbocycles. The highest BCUT2D eigenvalue weighted by Crippen LogP contribution is 2.37. The first kappa shape index (κ1) is 20.1. The number of benzene rings is 3. The molecule has 158 valence electrons. The van der Waals surface area contributed by atoms with E-state index in [-0.39, 0.29) is 12.5 Å². The van der Waals surface area contributed by atoms with Crippen molar-refractivity contribution in [3.63, 3.8) is 0 Å². The predicted octanol–water partition coefficient (Wildman–Crippen LogP) is 4.25. The van der Waals surface area contributed by atoms with E-state index in [9.17, 15) is 4.79 Å². The highest BCUT2D eigenvalue weighted by Gasteiger charge is 2.32. The first-order valence-electron chi connectivity index (χ1n) is 10.4. The maximum absolute atomic E-state index is 13.0. The van der Waals surface area contributed by atoms with E-state index < -0.39 is 0 Å². The molecule has 0 unspecified atom stereocenters. The number of aromatic amines is 1. The Balaban J connectivity index is 1.57. The molecule has 2 heterocycles. The van der Waals surface area contributed by atoms with E-state index >= 15 is 0 Å². The van der Waals surface area contributed by atoms with Gasteiger partial charge in [0.2, 0.25) is 0 Å². The van der Waals surface area contributed by atoms with Gasteiger partial charge in [0.05, 0.1) is 23.7 Å². The fourth-order valence-corrected chi connectivity index (χ4v) is 4.10. The van der Waals surface area contributed by atoms with Gasteiger partial charge < -0.3 is 10.6 Å². The fourth-order valence-electron chi connectivity index (χ4n) is 4.10. The number of nitriles is 1. The third kappa shape index (κ3) is 3.60. The summed E-state index contributed by atoms with van der Waals surface area (Å²) in [6, 6.07) is 21.4. The van der Waals surface area contributed by atoms with E-state index in [2.05, 4.69) is 28.6 Å². The molecule has 0 saturated heterocycles. The number of nitrogens with zero attached hydrogens (tertiary/aromatic N) is 3. The maximum Gasteiger partial charge on any atom is 0.256 e. The highest BCUT2D eigenvalue weighted by atomic mass is 16.2. The number of anilines is 1. The summed E-state index contributed by atoms with van der Waals surface area (Å²) in [5.74, 6) is 6.12. The van der Waals surface area contributed by atoms with Gasteiger partial charge in [0.25, 0.3) is 5.91 Å². The van der Waals surface area contributed by atoms with Gasteiger partial charge in [-0.25, -0.2) is 0 Å². The van der Waals surface area contributed by atoms with Crippen LogP contribution in [0.3, 0.4) is 0 Å². The van der Waals surface area contributed by atoms with Gasteiger partial charge >= 0.3 is 0 Å². The van der Waals surface area contributed by atoms with Crippen LogP contribution < -0.4 is 5.73 Å². The van der Waals surface area contributed by atoms with Crippen molar-refractivity contribution in [1.29, 1.82) is 5.26 Å². The Morgan fingerprint density at radius 3 is 2.76 bits per heavy atom. The maximum atomic E-state index is 13.0. The molecule has 5 rings (SSSR count). The van der Waals surface area contributed by atoms with Crippen molar-refractivity contribution < 1.29 is 4.79 Å². The normalized spacial score (nSPS) is 12.2. The number of amides is 1. The molecule has 1 amide bonds. The van der Waals surface area contributed by atoms with Gasteiger partial charge in [0.1, 0.15) is 5.69 Å². The molecule has 1 aliphatic heterocycles. The standard InChI is InChI=1S/C27H19N5O/c1-17(14-28)15-32-16-22-20(9-10-23(29)26(22)27(32)33)19-8-12-25-21(13-19)24(30-31-25)11-7-18-5-3-2-4-6-18/h2-6,8-10,12-13H,1,15-16,29H2,(H,30,31). The number of rotatable bonds is 3. The number of carbonyl (C=O) groups is 1. The van der Waals surface area contributed by atoms with Crippen molar-refractivity contribution in [2.45, 2.75) is 6.54 Å². The zero-order valence-corrected chi connectivity index (χ0v) is 17.7. The lowest BCUT2D eigenvalue weighted by molar-refractivity contribution is 0.0794. The Kier molecular flexibility index (Phi) is 4.89. The van der Waals surface area contributed by atoms with Crippen molar-refractivity contribution >= 4 is 22.5 Å². The molecule has 0 bridgehead atoms. The summed E-state index contributed by atoms with van der Waals surface area (Å²) in [6.07, 6.45) is 0. The van der Waals surface area contributed by atoms with Gasteiger partial charge in [-0.3, -0.25) is 9.89 Å². The van der Waals surface area contributed by atoms with E-state index in [1.54, 1.807) is 11.0 Å². The second kappa shape index (κ2) is 8.03. The van der Waals surface area contributed by atoms with E-state index in [1.165, 1.54) is 0 Å². The zero-order chi connectivity index (χ0) is 22.9. The summed E-state index contributed by atoms with van der Waals surface area (Å²) in [7, 11) is 0. The van der Waals surface area contributed by atoms with Crippen LogP contribution in [0.5, 0.6) is 0 Å².